The van der Waals surface area contributed by atoms with Crippen LogP contribution in [0.5, 0.6) is 0 Å². The minimum absolute atomic E-state index is 0.221. The third kappa shape index (κ3) is 4.54. The third-order valence-electron chi connectivity index (χ3n) is 2.91. The Kier molecular flexibility index (Phi) is 5.23. The van der Waals surface area contributed by atoms with Gasteiger partial charge in [0.1, 0.15) is 0 Å². The summed E-state index contributed by atoms with van der Waals surface area (Å²) in [5.41, 5.74) is -0.956. The Morgan fingerprint density at radius 2 is 2.05 bits per heavy atom. The zero-order valence-electron chi connectivity index (χ0n) is 11.4. The lowest BCUT2D eigenvalue weighted by molar-refractivity contribution is -0.137. The van der Waals surface area contributed by atoms with E-state index in [2.05, 4.69) is 5.32 Å². The molecule has 0 saturated carbocycles. The van der Waals surface area contributed by atoms with Gasteiger partial charge < -0.3 is 5.32 Å². The van der Waals surface area contributed by atoms with E-state index in [4.69, 9.17) is 0 Å². The molecule has 8 heteroatoms. The number of halogens is 3. The number of rotatable bonds is 5. The van der Waals surface area contributed by atoms with Crippen LogP contribution in [0.25, 0.3) is 0 Å². The van der Waals surface area contributed by atoms with E-state index >= 15 is 0 Å². The normalized spacial score (nSPS) is 15.3. The van der Waals surface area contributed by atoms with Gasteiger partial charge in [0.15, 0.2) is 9.84 Å². The van der Waals surface area contributed by atoms with Gasteiger partial charge in [0.05, 0.1) is 21.2 Å². The summed E-state index contributed by atoms with van der Waals surface area (Å²) >= 11 is 1.33. The molecule has 0 amide bonds. The molecule has 22 heavy (non-hydrogen) atoms. The van der Waals surface area contributed by atoms with E-state index in [0.29, 0.717) is 12.6 Å². The molecular weight excluding hydrogens is 335 g/mol. The van der Waals surface area contributed by atoms with Crippen LogP contribution in [0.15, 0.2) is 52.4 Å². The summed E-state index contributed by atoms with van der Waals surface area (Å²) in [5, 5.41) is 3.92. The predicted molar refractivity (Wildman–Crippen MR) is 81.2 cm³/mol. The van der Waals surface area contributed by atoms with Crippen molar-refractivity contribution in [2.24, 2.45) is 0 Å². The number of benzene rings is 1. The number of hydrogen-bond acceptors (Lipinski definition) is 4. The summed E-state index contributed by atoms with van der Waals surface area (Å²) in [6.07, 6.45) is 1.05. The first kappa shape index (κ1) is 17.0. The first-order valence-electron chi connectivity index (χ1n) is 6.42. The van der Waals surface area contributed by atoms with Crippen molar-refractivity contribution in [3.05, 3.63) is 53.1 Å². The van der Waals surface area contributed by atoms with Crippen molar-refractivity contribution < 1.29 is 21.6 Å². The molecule has 1 aliphatic heterocycles. The smallest absolute Gasteiger partial charge is 0.376 e. The minimum Gasteiger partial charge on any atom is -0.376 e. The molecule has 0 aromatic heterocycles. The first-order valence-corrected chi connectivity index (χ1v) is 9.06. The van der Waals surface area contributed by atoms with E-state index in [9.17, 15) is 21.6 Å². The molecule has 0 bridgehead atoms. The second kappa shape index (κ2) is 6.78. The Hall–Kier alpha value is -1.41. The molecule has 1 aromatic carbocycles. The minimum atomic E-state index is -4.55. The number of nitrogens with one attached hydrogen (secondary N) is 1. The quantitative estimate of drug-likeness (QED) is 0.887. The van der Waals surface area contributed by atoms with Crippen molar-refractivity contribution in [1.29, 1.82) is 0 Å². The van der Waals surface area contributed by atoms with Crippen molar-refractivity contribution in [1.82, 2.24) is 5.32 Å². The maximum absolute atomic E-state index is 12.6. The SMILES string of the molecule is O=S(=O)(CCSC1=CC=CCN1)c1cccc(C(F)(F)F)c1. The molecule has 0 fully saturated rings. The molecule has 0 radical (unpaired) electrons. The van der Waals surface area contributed by atoms with E-state index in [0.717, 1.165) is 17.2 Å². The molecular formula is C14H14F3NO2S2. The van der Waals surface area contributed by atoms with Crippen LogP contribution in [0.3, 0.4) is 0 Å². The highest BCUT2D eigenvalue weighted by Crippen LogP contribution is 2.30. The topological polar surface area (TPSA) is 46.2 Å². The molecule has 1 heterocycles. The fourth-order valence-corrected chi connectivity index (χ4v) is 4.41. The number of hydrogen-bond donors (Lipinski definition) is 1. The Balaban J connectivity index is 2.04. The van der Waals surface area contributed by atoms with Crippen LogP contribution in [-0.4, -0.2) is 26.5 Å². The molecule has 120 valence electrons. The molecule has 0 spiro atoms. The van der Waals surface area contributed by atoms with Gasteiger partial charge in [0.2, 0.25) is 0 Å². The highest BCUT2D eigenvalue weighted by Gasteiger charge is 2.31. The number of dihydropyridines is 1. The second-order valence-electron chi connectivity index (χ2n) is 4.53. The van der Waals surface area contributed by atoms with Gasteiger partial charge in [0, 0.05) is 12.3 Å². The van der Waals surface area contributed by atoms with Crippen LogP contribution in [0.1, 0.15) is 5.56 Å². The monoisotopic (exact) mass is 349 g/mol. The molecule has 0 saturated heterocycles. The van der Waals surface area contributed by atoms with Crippen LogP contribution in [0, 0.1) is 0 Å². The zero-order chi connectivity index (χ0) is 16.2. The molecule has 0 unspecified atom stereocenters. The van der Waals surface area contributed by atoms with Gasteiger partial charge in [0.25, 0.3) is 0 Å². The summed E-state index contributed by atoms with van der Waals surface area (Å²) in [6.45, 7) is 0.680. The van der Waals surface area contributed by atoms with Gasteiger partial charge in [-0.2, -0.15) is 13.2 Å². The fourth-order valence-electron chi connectivity index (χ4n) is 1.79. The van der Waals surface area contributed by atoms with E-state index in [1.807, 2.05) is 18.2 Å². The first-order chi connectivity index (χ1) is 10.3. The van der Waals surface area contributed by atoms with Gasteiger partial charge in [-0.25, -0.2) is 8.42 Å². The van der Waals surface area contributed by atoms with Gasteiger partial charge >= 0.3 is 6.18 Å². The number of sulfone groups is 1. The summed E-state index contributed by atoms with van der Waals surface area (Å²) in [7, 11) is -3.74. The maximum atomic E-state index is 12.6. The molecule has 3 nitrogen and oxygen atoms in total. The van der Waals surface area contributed by atoms with Gasteiger partial charge in [-0.1, -0.05) is 18.2 Å². The maximum Gasteiger partial charge on any atom is 0.416 e. The molecule has 1 aromatic rings. The second-order valence-corrected chi connectivity index (χ2v) is 7.78. The molecule has 0 atom stereocenters. The highest BCUT2D eigenvalue weighted by atomic mass is 32.2. The average molecular weight is 349 g/mol. The van der Waals surface area contributed by atoms with Crippen LogP contribution in [0.4, 0.5) is 13.2 Å². The Morgan fingerprint density at radius 3 is 2.68 bits per heavy atom. The van der Waals surface area contributed by atoms with Crippen molar-refractivity contribution in [2.45, 2.75) is 11.1 Å². The zero-order valence-corrected chi connectivity index (χ0v) is 13.1. The molecule has 1 N–H and O–H groups in total. The number of thioether (sulfide) groups is 1. The fraction of sp³-hybridized carbons (Fsp3) is 0.286. The lowest BCUT2D eigenvalue weighted by Crippen LogP contribution is -2.15. The molecule has 1 aliphatic rings. The third-order valence-corrected chi connectivity index (χ3v) is 5.88. The predicted octanol–water partition coefficient (Wildman–Crippen LogP) is 3.21. The summed E-state index contributed by atoms with van der Waals surface area (Å²) in [5.74, 6) is 0.0486. The largest absolute Gasteiger partial charge is 0.416 e. The average Bonchev–Trinajstić information content (AvgIpc) is 2.47. The van der Waals surface area contributed by atoms with E-state index in [1.165, 1.54) is 17.8 Å². The standard InChI is InChI=1S/C14H14F3NO2S2/c15-14(16,17)11-4-3-5-12(10-11)22(19,20)9-8-21-13-6-1-2-7-18-13/h1-6,10,18H,7-9H2. The molecule has 0 aliphatic carbocycles. The van der Waals surface area contributed by atoms with Crippen molar-refractivity contribution in [3.8, 4) is 0 Å². The Bertz CT molecular complexity index is 694. The van der Waals surface area contributed by atoms with Crippen molar-refractivity contribution in [2.75, 3.05) is 18.1 Å². The van der Waals surface area contributed by atoms with E-state index in [1.54, 1.807) is 0 Å². The highest BCUT2D eigenvalue weighted by molar-refractivity contribution is 8.04. The van der Waals surface area contributed by atoms with Crippen LogP contribution in [0.2, 0.25) is 0 Å². The van der Waals surface area contributed by atoms with Gasteiger partial charge in [-0.3, -0.25) is 0 Å². The van der Waals surface area contributed by atoms with Crippen LogP contribution >= 0.6 is 11.8 Å². The summed E-state index contributed by atoms with van der Waals surface area (Å²) in [6, 6.07) is 3.84. The van der Waals surface area contributed by atoms with Crippen LogP contribution in [-0.2, 0) is 16.0 Å². The molecule has 2 rings (SSSR count). The summed E-state index contributed by atoms with van der Waals surface area (Å²) < 4.78 is 62.1. The Morgan fingerprint density at radius 1 is 1.27 bits per heavy atom. The van der Waals surface area contributed by atoms with Crippen molar-refractivity contribution >= 4 is 21.6 Å². The number of allylic oxidation sites excluding steroid dienone is 2. The number of alkyl halides is 3. The van der Waals surface area contributed by atoms with E-state index < -0.39 is 21.6 Å². The van der Waals surface area contributed by atoms with Crippen LogP contribution < -0.4 is 5.32 Å². The van der Waals surface area contributed by atoms with Gasteiger partial charge in [-0.05, 0) is 24.3 Å². The lowest BCUT2D eigenvalue weighted by Gasteiger charge is -2.12. The van der Waals surface area contributed by atoms with E-state index in [-0.39, 0.29) is 16.4 Å². The Labute approximate surface area is 131 Å². The summed E-state index contributed by atoms with van der Waals surface area (Å²) in [4.78, 5) is -0.298. The van der Waals surface area contributed by atoms with Crippen molar-refractivity contribution in [3.63, 3.8) is 0 Å². The lowest BCUT2D eigenvalue weighted by atomic mass is 10.2. The van der Waals surface area contributed by atoms with Gasteiger partial charge in [-0.15, -0.1) is 11.8 Å².